The Balaban J connectivity index is 2.20. The summed E-state index contributed by atoms with van der Waals surface area (Å²) in [7, 11) is 1.68. The van der Waals surface area contributed by atoms with E-state index in [4.69, 9.17) is 9.47 Å². The van der Waals surface area contributed by atoms with Gasteiger partial charge in [0, 0.05) is 5.56 Å². The smallest absolute Gasteiger partial charge is 0.220 e. The van der Waals surface area contributed by atoms with Crippen molar-refractivity contribution in [3.05, 3.63) is 16.8 Å². The van der Waals surface area contributed by atoms with E-state index in [1.807, 2.05) is 0 Å². The lowest BCUT2D eigenvalue weighted by Crippen LogP contribution is -2.13. The maximum absolute atomic E-state index is 9.83. The first-order chi connectivity index (χ1) is 7.81. The van der Waals surface area contributed by atoms with E-state index in [1.54, 1.807) is 7.11 Å². The van der Waals surface area contributed by atoms with Crippen LogP contribution < -0.4 is 9.47 Å². The molecule has 1 atom stereocenters. The molecule has 1 aromatic rings. The van der Waals surface area contributed by atoms with Gasteiger partial charge in [-0.05, 0) is 25.7 Å². The van der Waals surface area contributed by atoms with Crippen LogP contribution in [-0.4, -0.2) is 23.8 Å². The number of aromatic nitrogens is 1. The summed E-state index contributed by atoms with van der Waals surface area (Å²) in [5.41, 5.74) is 2.89. The first-order valence-corrected chi connectivity index (χ1v) is 5.71. The summed E-state index contributed by atoms with van der Waals surface area (Å²) >= 11 is 0. The van der Waals surface area contributed by atoms with E-state index in [-0.39, 0.29) is 0 Å². The number of aliphatic hydroxyl groups is 1. The Labute approximate surface area is 94.2 Å². The van der Waals surface area contributed by atoms with Crippen molar-refractivity contribution in [3.8, 4) is 11.6 Å². The maximum Gasteiger partial charge on any atom is 0.220 e. The first kappa shape index (κ1) is 9.90. The number of methoxy groups -OCH3 is 1. The van der Waals surface area contributed by atoms with Crippen molar-refractivity contribution in [1.82, 2.24) is 4.98 Å². The number of rotatable bonds is 1. The molecule has 4 heteroatoms. The van der Waals surface area contributed by atoms with Gasteiger partial charge in [0.05, 0.1) is 31.1 Å². The van der Waals surface area contributed by atoms with E-state index in [0.29, 0.717) is 12.5 Å². The zero-order valence-electron chi connectivity index (χ0n) is 9.32. The predicted octanol–water partition coefficient (Wildman–Crippen LogP) is 1.39. The van der Waals surface area contributed by atoms with Crippen molar-refractivity contribution in [2.75, 3.05) is 13.7 Å². The van der Waals surface area contributed by atoms with Crippen LogP contribution >= 0.6 is 0 Å². The quantitative estimate of drug-likeness (QED) is 0.778. The van der Waals surface area contributed by atoms with E-state index in [1.165, 1.54) is 0 Å². The third-order valence-corrected chi connectivity index (χ3v) is 3.33. The van der Waals surface area contributed by atoms with Gasteiger partial charge in [-0.15, -0.1) is 0 Å². The molecule has 86 valence electrons. The fourth-order valence-electron chi connectivity index (χ4n) is 2.58. The number of fused-ring (bicyclic) bond motifs is 2. The first-order valence-electron chi connectivity index (χ1n) is 5.71. The Morgan fingerprint density at radius 3 is 3.06 bits per heavy atom. The van der Waals surface area contributed by atoms with E-state index >= 15 is 0 Å². The summed E-state index contributed by atoms with van der Waals surface area (Å²) in [6.45, 7) is 0.706. The molecule has 1 unspecified atom stereocenters. The van der Waals surface area contributed by atoms with Gasteiger partial charge in [0.2, 0.25) is 5.88 Å². The minimum atomic E-state index is -0.459. The van der Waals surface area contributed by atoms with Gasteiger partial charge < -0.3 is 14.6 Å². The highest BCUT2D eigenvalue weighted by Crippen LogP contribution is 2.42. The highest BCUT2D eigenvalue weighted by Gasteiger charge is 2.30. The Morgan fingerprint density at radius 2 is 2.25 bits per heavy atom. The number of aliphatic hydroxyl groups excluding tert-OH is 1. The van der Waals surface area contributed by atoms with Gasteiger partial charge in [-0.2, -0.15) is 0 Å². The maximum atomic E-state index is 9.83. The molecular weight excluding hydrogens is 206 g/mol. The minimum Gasteiger partial charge on any atom is -0.496 e. The van der Waals surface area contributed by atoms with Gasteiger partial charge in [-0.3, -0.25) is 0 Å². The molecule has 2 aliphatic rings. The van der Waals surface area contributed by atoms with Crippen molar-refractivity contribution in [3.63, 3.8) is 0 Å². The molecule has 4 nitrogen and oxygen atoms in total. The molecule has 1 aliphatic carbocycles. The number of nitrogens with zero attached hydrogens (tertiary/aromatic N) is 1. The standard InChI is InChI=1S/C12H15NO3/c1-15-11-7-4-5-9(14)10(7)13-12-8(11)3-2-6-16-12/h9,14H,2-6H2,1H3. The topological polar surface area (TPSA) is 51.6 Å². The van der Waals surface area contributed by atoms with Crippen molar-refractivity contribution >= 4 is 0 Å². The van der Waals surface area contributed by atoms with Gasteiger partial charge in [-0.1, -0.05) is 0 Å². The number of ether oxygens (including phenoxy) is 2. The summed E-state index contributed by atoms with van der Waals surface area (Å²) < 4.78 is 11.0. The molecule has 3 rings (SSSR count). The van der Waals surface area contributed by atoms with Crippen LogP contribution in [0.3, 0.4) is 0 Å². The van der Waals surface area contributed by atoms with Crippen molar-refractivity contribution in [2.45, 2.75) is 31.8 Å². The van der Waals surface area contributed by atoms with Gasteiger partial charge in [-0.25, -0.2) is 4.98 Å². The Kier molecular flexibility index (Phi) is 2.24. The zero-order chi connectivity index (χ0) is 11.1. The molecule has 0 fully saturated rings. The van der Waals surface area contributed by atoms with Crippen LogP contribution in [-0.2, 0) is 12.8 Å². The fraction of sp³-hybridized carbons (Fsp3) is 0.583. The Hall–Kier alpha value is -1.29. The van der Waals surface area contributed by atoms with E-state index in [2.05, 4.69) is 4.98 Å². The normalized spacial score (nSPS) is 22.2. The lowest BCUT2D eigenvalue weighted by molar-refractivity contribution is 0.173. The summed E-state index contributed by atoms with van der Waals surface area (Å²) in [4.78, 5) is 4.43. The van der Waals surface area contributed by atoms with Crippen molar-refractivity contribution in [2.24, 2.45) is 0 Å². The van der Waals surface area contributed by atoms with Crippen LogP contribution in [0.1, 0.15) is 35.8 Å². The molecule has 0 bridgehead atoms. The van der Waals surface area contributed by atoms with Crippen LogP contribution in [0.15, 0.2) is 0 Å². The summed E-state index contributed by atoms with van der Waals surface area (Å²) in [6, 6.07) is 0. The molecule has 0 aromatic carbocycles. The second kappa shape index (κ2) is 3.63. The van der Waals surface area contributed by atoms with Crippen LogP contribution in [0.25, 0.3) is 0 Å². The molecular formula is C12H15NO3. The molecule has 0 saturated carbocycles. The summed E-state index contributed by atoms with van der Waals surface area (Å²) in [6.07, 6.45) is 3.09. The molecule has 1 aromatic heterocycles. The minimum absolute atomic E-state index is 0.459. The van der Waals surface area contributed by atoms with Gasteiger partial charge in [0.1, 0.15) is 5.75 Å². The second-order valence-corrected chi connectivity index (χ2v) is 4.30. The largest absolute Gasteiger partial charge is 0.496 e. The van der Waals surface area contributed by atoms with Crippen molar-refractivity contribution < 1.29 is 14.6 Å². The van der Waals surface area contributed by atoms with Crippen LogP contribution in [0.2, 0.25) is 0 Å². The molecule has 0 radical (unpaired) electrons. The third kappa shape index (κ3) is 1.29. The zero-order valence-corrected chi connectivity index (χ0v) is 9.32. The van der Waals surface area contributed by atoms with E-state index in [9.17, 15) is 5.11 Å². The fourth-order valence-corrected chi connectivity index (χ4v) is 2.58. The van der Waals surface area contributed by atoms with Gasteiger partial charge >= 0.3 is 0 Å². The molecule has 0 saturated heterocycles. The lowest BCUT2D eigenvalue weighted by Gasteiger charge is -2.21. The predicted molar refractivity (Wildman–Crippen MR) is 57.9 cm³/mol. The van der Waals surface area contributed by atoms with Crippen LogP contribution in [0.5, 0.6) is 11.6 Å². The Morgan fingerprint density at radius 1 is 1.38 bits per heavy atom. The number of pyridine rings is 1. The molecule has 1 aliphatic heterocycles. The SMILES string of the molecule is COc1c2c(nc3c1CCC3O)OCCC2. The molecule has 16 heavy (non-hydrogen) atoms. The lowest BCUT2D eigenvalue weighted by atomic mass is 10.0. The van der Waals surface area contributed by atoms with Gasteiger partial charge in [0.25, 0.3) is 0 Å². The van der Waals surface area contributed by atoms with E-state index in [0.717, 1.165) is 48.3 Å². The summed E-state index contributed by atoms with van der Waals surface area (Å²) in [5.74, 6) is 1.54. The van der Waals surface area contributed by atoms with Gasteiger partial charge in [0.15, 0.2) is 0 Å². The molecule has 1 N–H and O–H groups in total. The molecule has 0 spiro atoms. The number of hydrogen-bond acceptors (Lipinski definition) is 4. The second-order valence-electron chi connectivity index (χ2n) is 4.30. The molecule has 2 heterocycles. The molecule has 0 amide bonds. The average molecular weight is 221 g/mol. The average Bonchev–Trinajstić information content (AvgIpc) is 2.68. The van der Waals surface area contributed by atoms with Crippen molar-refractivity contribution in [1.29, 1.82) is 0 Å². The highest BCUT2D eigenvalue weighted by molar-refractivity contribution is 5.51. The van der Waals surface area contributed by atoms with Crippen LogP contribution in [0.4, 0.5) is 0 Å². The van der Waals surface area contributed by atoms with Crippen LogP contribution in [0, 0.1) is 0 Å². The van der Waals surface area contributed by atoms with E-state index < -0.39 is 6.10 Å². The highest BCUT2D eigenvalue weighted by atomic mass is 16.5. The monoisotopic (exact) mass is 221 g/mol. The number of hydrogen-bond donors (Lipinski definition) is 1. The Bertz CT molecular complexity index is 427. The third-order valence-electron chi connectivity index (χ3n) is 3.33. The summed E-state index contributed by atoms with van der Waals surface area (Å²) in [5, 5.41) is 9.83.